The molecule has 0 aliphatic rings. The van der Waals surface area contributed by atoms with E-state index in [4.69, 9.17) is 0 Å². The summed E-state index contributed by atoms with van der Waals surface area (Å²) >= 11 is 0. The number of rotatable bonds is 4. The van der Waals surface area contributed by atoms with E-state index in [-0.39, 0.29) is 6.04 Å². The van der Waals surface area contributed by atoms with E-state index in [1.165, 1.54) is 11.1 Å². The summed E-state index contributed by atoms with van der Waals surface area (Å²) in [7, 11) is 0. The van der Waals surface area contributed by atoms with Gasteiger partial charge in [-0.3, -0.25) is 4.98 Å². The molecule has 0 saturated heterocycles. The van der Waals surface area contributed by atoms with Gasteiger partial charge in [0, 0.05) is 11.9 Å². The monoisotopic (exact) mass is 274 g/mol. The molecule has 0 amide bonds. The number of hydrogen-bond acceptors (Lipinski definition) is 2. The largest absolute Gasteiger partial charge is 0.373 e. The third-order valence-electron chi connectivity index (χ3n) is 3.45. The van der Waals surface area contributed by atoms with E-state index >= 15 is 0 Å². The van der Waals surface area contributed by atoms with Crippen LogP contribution in [0.4, 0.5) is 5.69 Å². The summed E-state index contributed by atoms with van der Waals surface area (Å²) in [6.45, 7) is 2.10. The van der Waals surface area contributed by atoms with Crippen LogP contribution in [0.1, 0.15) is 22.9 Å². The molecule has 104 valence electrons. The lowest BCUT2D eigenvalue weighted by molar-refractivity contribution is 0.887. The highest BCUT2D eigenvalue weighted by molar-refractivity contribution is 5.49. The van der Waals surface area contributed by atoms with Crippen molar-refractivity contribution < 1.29 is 0 Å². The number of nitrogens with one attached hydrogen (secondary N) is 1. The van der Waals surface area contributed by atoms with Crippen molar-refractivity contribution in [2.75, 3.05) is 5.32 Å². The summed E-state index contributed by atoms with van der Waals surface area (Å²) < 4.78 is 0. The fourth-order valence-electron chi connectivity index (χ4n) is 2.42. The lowest BCUT2D eigenvalue weighted by Gasteiger charge is -2.20. The molecule has 1 heterocycles. The van der Waals surface area contributed by atoms with Crippen LogP contribution >= 0.6 is 0 Å². The van der Waals surface area contributed by atoms with E-state index in [1.807, 2.05) is 24.4 Å². The predicted octanol–water partition coefficient (Wildman–Crippen LogP) is 4.59. The van der Waals surface area contributed by atoms with E-state index in [1.54, 1.807) is 0 Å². The highest BCUT2D eigenvalue weighted by Crippen LogP contribution is 2.25. The van der Waals surface area contributed by atoms with Crippen molar-refractivity contribution >= 4 is 5.69 Å². The van der Waals surface area contributed by atoms with Gasteiger partial charge < -0.3 is 5.32 Å². The fraction of sp³-hybridized carbons (Fsp3) is 0.105. The maximum absolute atomic E-state index is 4.51. The van der Waals surface area contributed by atoms with Gasteiger partial charge in [-0.05, 0) is 42.3 Å². The predicted molar refractivity (Wildman–Crippen MR) is 87.3 cm³/mol. The first-order valence-corrected chi connectivity index (χ1v) is 7.12. The molecular formula is C19H18N2. The summed E-state index contributed by atoms with van der Waals surface area (Å²) in [5, 5.41) is 3.59. The first-order valence-electron chi connectivity index (χ1n) is 7.12. The molecule has 1 N–H and O–H groups in total. The Morgan fingerprint density at radius 2 is 1.67 bits per heavy atom. The molecule has 3 rings (SSSR count). The first kappa shape index (κ1) is 13.4. The topological polar surface area (TPSA) is 24.9 Å². The Hall–Kier alpha value is -2.61. The quantitative estimate of drug-likeness (QED) is 0.752. The molecule has 0 fully saturated rings. The molecule has 1 aromatic heterocycles. The van der Waals surface area contributed by atoms with Crippen LogP contribution in [0.15, 0.2) is 79.0 Å². The Morgan fingerprint density at radius 3 is 2.38 bits per heavy atom. The first-order chi connectivity index (χ1) is 10.3. The maximum Gasteiger partial charge on any atom is 0.0940 e. The summed E-state index contributed by atoms with van der Waals surface area (Å²) in [4.78, 5) is 4.51. The second-order valence-electron chi connectivity index (χ2n) is 5.11. The number of benzene rings is 2. The van der Waals surface area contributed by atoms with E-state index in [0.717, 1.165) is 11.4 Å². The third kappa shape index (κ3) is 3.29. The van der Waals surface area contributed by atoms with E-state index in [2.05, 4.69) is 71.8 Å². The summed E-state index contributed by atoms with van der Waals surface area (Å²) in [5.41, 5.74) is 4.57. The van der Waals surface area contributed by atoms with Crippen molar-refractivity contribution in [3.63, 3.8) is 0 Å². The van der Waals surface area contributed by atoms with Gasteiger partial charge in [-0.2, -0.15) is 0 Å². The van der Waals surface area contributed by atoms with Crippen molar-refractivity contribution in [2.24, 2.45) is 0 Å². The molecule has 2 aromatic carbocycles. The molecule has 0 aliphatic carbocycles. The summed E-state index contributed by atoms with van der Waals surface area (Å²) in [6, 6.07) is 24.9. The zero-order valence-corrected chi connectivity index (χ0v) is 12.0. The molecule has 2 heteroatoms. The average Bonchev–Trinajstić information content (AvgIpc) is 2.54. The van der Waals surface area contributed by atoms with E-state index in [0.29, 0.717) is 0 Å². The minimum Gasteiger partial charge on any atom is -0.373 e. The van der Waals surface area contributed by atoms with Gasteiger partial charge in [0.1, 0.15) is 0 Å². The molecule has 0 spiro atoms. The van der Waals surface area contributed by atoms with Gasteiger partial charge in [0.15, 0.2) is 0 Å². The molecule has 0 radical (unpaired) electrons. The maximum atomic E-state index is 4.51. The van der Waals surface area contributed by atoms with E-state index in [9.17, 15) is 0 Å². The van der Waals surface area contributed by atoms with Crippen LogP contribution in [0, 0.1) is 6.92 Å². The van der Waals surface area contributed by atoms with Crippen LogP contribution in [-0.2, 0) is 0 Å². The highest BCUT2D eigenvalue weighted by atomic mass is 14.9. The molecule has 0 aliphatic heterocycles. The van der Waals surface area contributed by atoms with Crippen molar-refractivity contribution in [3.05, 3.63) is 95.8 Å². The molecule has 1 unspecified atom stereocenters. The molecule has 0 bridgehead atoms. The van der Waals surface area contributed by atoms with Crippen LogP contribution < -0.4 is 5.32 Å². The summed E-state index contributed by atoms with van der Waals surface area (Å²) in [6.07, 6.45) is 1.84. The highest BCUT2D eigenvalue weighted by Gasteiger charge is 2.14. The van der Waals surface area contributed by atoms with Crippen LogP contribution in [0.3, 0.4) is 0 Å². The number of pyridine rings is 1. The number of nitrogens with zero attached hydrogens (tertiary/aromatic N) is 1. The van der Waals surface area contributed by atoms with Crippen LogP contribution in [0.5, 0.6) is 0 Å². The molecule has 2 nitrogen and oxygen atoms in total. The Morgan fingerprint density at radius 1 is 0.857 bits per heavy atom. The Labute approximate surface area is 125 Å². The number of aryl methyl sites for hydroxylation is 1. The standard InChI is InChI=1S/C19H18N2/c1-15-8-7-11-17(14-15)21-19(16-9-3-2-4-10-16)18-12-5-6-13-20-18/h2-14,19,21H,1H3. The Bertz CT molecular complexity index is 654. The second-order valence-corrected chi connectivity index (χ2v) is 5.11. The fourth-order valence-corrected chi connectivity index (χ4v) is 2.42. The summed E-state index contributed by atoms with van der Waals surface area (Å²) in [5.74, 6) is 0. The Balaban J connectivity index is 1.97. The minimum absolute atomic E-state index is 0.0502. The van der Waals surface area contributed by atoms with Gasteiger partial charge in [-0.25, -0.2) is 0 Å². The number of anilines is 1. The molecule has 1 atom stereocenters. The normalized spacial score (nSPS) is 11.9. The van der Waals surface area contributed by atoms with Crippen molar-refractivity contribution in [3.8, 4) is 0 Å². The zero-order valence-electron chi connectivity index (χ0n) is 12.0. The van der Waals surface area contributed by atoms with E-state index < -0.39 is 0 Å². The lowest BCUT2D eigenvalue weighted by atomic mass is 10.0. The van der Waals surface area contributed by atoms with Gasteiger partial charge in [0.05, 0.1) is 11.7 Å². The molecule has 3 aromatic rings. The lowest BCUT2D eigenvalue weighted by Crippen LogP contribution is -2.13. The van der Waals surface area contributed by atoms with Gasteiger partial charge in [-0.1, -0.05) is 48.5 Å². The molecule has 21 heavy (non-hydrogen) atoms. The third-order valence-corrected chi connectivity index (χ3v) is 3.45. The molecular weight excluding hydrogens is 256 g/mol. The van der Waals surface area contributed by atoms with Gasteiger partial charge >= 0.3 is 0 Å². The minimum atomic E-state index is 0.0502. The zero-order chi connectivity index (χ0) is 14.5. The average molecular weight is 274 g/mol. The van der Waals surface area contributed by atoms with Gasteiger partial charge in [0.2, 0.25) is 0 Å². The second kappa shape index (κ2) is 6.23. The van der Waals surface area contributed by atoms with Gasteiger partial charge in [0.25, 0.3) is 0 Å². The van der Waals surface area contributed by atoms with Crippen molar-refractivity contribution in [1.29, 1.82) is 0 Å². The van der Waals surface area contributed by atoms with Crippen molar-refractivity contribution in [1.82, 2.24) is 4.98 Å². The van der Waals surface area contributed by atoms with Crippen LogP contribution in [0.25, 0.3) is 0 Å². The molecule has 0 saturated carbocycles. The SMILES string of the molecule is Cc1cccc(NC(c2ccccc2)c2ccccn2)c1. The Kier molecular flexibility index (Phi) is 3.97. The van der Waals surface area contributed by atoms with Crippen LogP contribution in [0.2, 0.25) is 0 Å². The number of hydrogen-bond donors (Lipinski definition) is 1. The van der Waals surface area contributed by atoms with Crippen LogP contribution in [-0.4, -0.2) is 4.98 Å². The smallest absolute Gasteiger partial charge is 0.0940 e. The van der Waals surface area contributed by atoms with Gasteiger partial charge in [-0.15, -0.1) is 0 Å². The number of aromatic nitrogens is 1. The van der Waals surface area contributed by atoms with Crippen molar-refractivity contribution in [2.45, 2.75) is 13.0 Å².